The highest BCUT2D eigenvalue weighted by Gasteiger charge is 2.10. The lowest BCUT2D eigenvalue weighted by molar-refractivity contribution is 0.413. The van der Waals surface area contributed by atoms with Crippen molar-refractivity contribution in [1.82, 2.24) is 9.78 Å². The second-order valence-corrected chi connectivity index (χ2v) is 5.71. The van der Waals surface area contributed by atoms with Crippen molar-refractivity contribution in [3.63, 3.8) is 0 Å². The van der Waals surface area contributed by atoms with E-state index in [1.165, 1.54) is 11.3 Å². The van der Waals surface area contributed by atoms with E-state index >= 15 is 0 Å². The molecule has 0 aliphatic rings. The predicted molar refractivity (Wildman–Crippen MR) is 85.5 cm³/mol. The third-order valence-electron chi connectivity index (χ3n) is 3.61. The van der Waals surface area contributed by atoms with Crippen molar-refractivity contribution in [3.05, 3.63) is 47.8 Å². The van der Waals surface area contributed by atoms with E-state index < -0.39 is 0 Å². The van der Waals surface area contributed by atoms with Gasteiger partial charge in [-0.15, -0.1) is 0 Å². The van der Waals surface area contributed by atoms with Gasteiger partial charge in [-0.25, -0.2) is 0 Å². The summed E-state index contributed by atoms with van der Waals surface area (Å²) < 4.78 is 7.24. The van der Waals surface area contributed by atoms with E-state index in [-0.39, 0.29) is 0 Å². The molecule has 1 atom stereocenters. The highest BCUT2D eigenvalue weighted by atomic mass is 79.9. The molecule has 0 bridgehead atoms. The lowest BCUT2D eigenvalue weighted by Gasteiger charge is -2.14. The number of hydrogen-bond donors (Lipinski definition) is 0. The molecule has 0 fully saturated rings. The first kappa shape index (κ1) is 15.1. The van der Waals surface area contributed by atoms with Crippen molar-refractivity contribution in [2.45, 2.75) is 19.3 Å². The number of benzene rings is 1. The van der Waals surface area contributed by atoms with Gasteiger partial charge in [0.2, 0.25) is 0 Å². The fourth-order valence-corrected chi connectivity index (χ4v) is 2.92. The largest absolute Gasteiger partial charge is 0.497 e. The molecule has 0 aliphatic heterocycles. The number of aryl methyl sites for hydroxylation is 2. The number of methoxy groups -OCH3 is 1. The number of nitrogens with zero attached hydrogens (tertiary/aromatic N) is 2. The van der Waals surface area contributed by atoms with Gasteiger partial charge in [-0.1, -0.05) is 28.1 Å². The van der Waals surface area contributed by atoms with Crippen LogP contribution in [0.3, 0.4) is 0 Å². The molecule has 0 aliphatic carbocycles. The fraction of sp³-hybridized carbons (Fsp3) is 0.438. The van der Waals surface area contributed by atoms with Crippen molar-refractivity contribution in [2.24, 2.45) is 13.0 Å². The van der Waals surface area contributed by atoms with E-state index in [0.717, 1.165) is 30.3 Å². The average Bonchev–Trinajstić information content (AvgIpc) is 2.89. The first-order valence-electron chi connectivity index (χ1n) is 6.88. The zero-order valence-corrected chi connectivity index (χ0v) is 13.6. The maximum atomic E-state index is 5.28. The Morgan fingerprint density at radius 1 is 1.35 bits per heavy atom. The highest BCUT2D eigenvalue weighted by Crippen LogP contribution is 2.20. The fourth-order valence-electron chi connectivity index (χ4n) is 2.37. The monoisotopic (exact) mass is 336 g/mol. The average molecular weight is 337 g/mol. The molecule has 20 heavy (non-hydrogen) atoms. The third-order valence-corrected chi connectivity index (χ3v) is 4.52. The van der Waals surface area contributed by atoms with Crippen LogP contribution in [-0.2, 0) is 19.9 Å². The number of alkyl halides is 1. The van der Waals surface area contributed by atoms with E-state index in [2.05, 4.69) is 45.3 Å². The molecule has 3 nitrogen and oxygen atoms in total. The summed E-state index contributed by atoms with van der Waals surface area (Å²) in [5.41, 5.74) is 2.63. The van der Waals surface area contributed by atoms with Crippen molar-refractivity contribution in [1.29, 1.82) is 0 Å². The molecule has 4 heteroatoms. The summed E-state index contributed by atoms with van der Waals surface area (Å²) >= 11 is 3.64. The molecule has 0 saturated heterocycles. The minimum atomic E-state index is 0.622. The maximum Gasteiger partial charge on any atom is 0.119 e. The number of aromatic nitrogens is 2. The summed E-state index contributed by atoms with van der Waals surface area (Å²) in [6.45, 7) is 0. The Balaban J connectivity index is 1.93. The van der Waals surface area contributed by atoms with E-state index in [1.54, 1.807) is 7.11 Å². The minimum absolute atomic E-state index is 0.622. The molecular formula is C16H21BrN2O. The number of hydrogen-bond acceptors (Lipinski definition) is 2. The molecule has 1 aromatic heterocycles. The first-order valence-corrected chi connectivity index (χ1v) is 8.01. The van der Waals surface area contributed by atoms with Gasteiger partial charge >= 0.3 is 0 Å². The van der Waals surface area contributed by atoms with Gasteiger partial charge in [-0.2, -0.15) is 5.10 Å². The van der Waals surface area contributed by atoms with E-state index in [1.807, 2.05) is 24.0 Å². The molecule has 0 saturated carbocycles. The Labute approximate surface area is 129 Å². The summed E-state index contributed by atoms with van der Waals surface area (Å²) in [6, 6.07) is 10.4. The molecule has 0 spiro atoms. The SMILES string of the molecule is COc1cccc(CC(CBr)CCc2ccnn2C)c1. The van der Waals surface area contributed by atoms with Crippen LogP contribution in [-0.4, -0.2) is 22.2 Å². The van der Waals surface area contributed by atoms with Crippen molar-refractivity contribution in [2.75, 3.05) is 12.4 Å². The number of rotatable bonds is 7. The van der Waals surface area contributed by atoms with Gasteiger partial charge in [0.25, 0.3) is 0 Å². The molecule has 0 N–H and O–H groups in total. The van der Waals surface area contributed by atoms with Gasteiger partial charge in [0.1, 0.15) is 5.75 Å². The Morgan fingerprint density at radius 2 is 2.20 bits per heavy atom. The van der Waals surface area contributed by atoms with E-state index in [4.69, 9.17) is 4.74 Å². The Morgan fingerprint density at radius 3 is 2.85 bits per heavy atom. The summed E-state index contributed by atoms with van der Waals surface area (Å²) in [5.74, 6) is 1.56. The van der Waals surface area contributed by atoms with Gasteiger partial charge in [-0.3, -0.25) is 4.68 Å². The first-order chi connectivity index (χ1) is 9.72. The van der Waals surface area contributed by atoms with Crippen LogP contribution in [0.4, 0.5) is 0 Å². The lowest BCUT2D eigenvalue weighted by Crippen LogP contribution is -2.09. The molecule has 108 valence electrons. The van der Waals surface area contributed by atoms with Gasteiger partial charge in [-0.05, 0) is 48.9 Å². The normalized spacial score (nSPS) is 12.3. The van der Waals surface area contributed by atoms with Crippen LogP contribution < -0.4 is 4.74 Å². The molecular weight excluding hydrogens is 316 g/mol. The highest BCUT2D eigenvalue weighted by molar-refractivity contribution is 9.09. The van der Waals surface area contributed by atoms with Gasteiger partial charge in [0.15, 0.2) is 0 Å². The molecule has 0 amide bonds. The van der Waals surface area contributed by atoms with Crippen LogP contribution in [0, 0.1) is 5.92 Å². The zero-order chi connectivity index (χ0) is 14.4. The van der Waals surface area contributed by atoms with Gasteiger partial charge < -0.3 is 4.74 Å². The van der Waals surface area contributed by atoms with Crippen LogP contribution in [0.25, 0.3) is 0 Å². The van der Waals surface area contributed by atoms with E-state index in [0.29, 0.717) is 5.92 Å². The molecule has 2 rings (SSSR count). The van der Waals surface area contributed by atoms with Crippen LogP contribution in [0.5, 0.6) is 5.75 Å². The Hall–Kier alpha value is -1.29. The van der Waals surface area contributed by atoms with Crippen molar-refractivity contribution < 1.29 is 4.74 Å². The van der Waals surface area contributed by atoms with Gasteiger partial charge in [0.05, 0.1) is 7.11 Å². The van der Waals surface area contributed by atoms with Crippen LogP contribution in [0.2, 0.25) is 0 Å². The predicted octanol–water partition coefficient (Wildman–Crippen LogP) is 3.62. The smallest absolute Gasteiger partial charge is 0.119 e. The summed E-state index contributed by atoms with van der Waals surface area (Å²) in [4.78, 5) is 0. The number of halogens is 1. The van der Waals surface area contributed by atoms with Crippen molar-refractivity contribution >= 4 is 15.9 Å². The summed E-state index contributed by atoms with van der Waals surface area (Å²) in [6.07, 6.45) is 5.15. The molecule has 1 heterocycles. The van der Waals surface area contributed by atoms with Gasteiger partial charge in [0, 0.05) is 24.3 Å². The van der Waals surface area contributed by atoms with Crippen LogP contribution in [0.15, 0.2) is 36.5 Å². The van der Waals surface area contributed by atoms with Crippen molar-refractivity contribution in [3.8, 4) is 5.75 Å². The molecule has 1 aromatic carbocycles. The minimum Gasteiger partial charge on any atom is -0.497 e. The van der Waals surface area contributed by atoms with Crippen LogP contribution in [0.1, 0.15) is 17.7 Å². The summed E-state index contributed by atoms with van der Waals surface area (Å²) in [7, 11) is 3.71. The lowest BCUT2D eigenvalue weighted by atomic mass is 9.95. The Kier molecular flexibility index (Phi) is 5.65. The third kappa shape index (κ3) is 4.10. The second kappa shape index (κ2) is 7.48. The Bertz CT molecular complexity index is 539. The topological polar surface area (TPSA) is 27.1 Å². The molecule has 0 radical (unpaired) electrons. The maximum absolute atomic E-state index is 5.28. The van der Waals surface area contributed by atoms with E-state index in [9.17, 15) is 0 Å². The summed E-state index contributed by atoms with van der Waals surface area (Å²) in [5, 5.41) is 5.23. The second-order valence-electron chi connectivity index (χ2n) is 5.06. The standard InChI is InChI=1S/C16H21BrN2O/c1-19-15(8-9-18-19)7-6-14(12-17)10-13-4-3-5-16(11-13)20-2/h3-5,8-9,11,14H,6-7,10,12H2,1-2H3. The van der Waals surface area contributed by atoms with Crippen LogP contribution >= 0.6 is 15.9 Å². The molecule has 1 unspecified atom stereocenters. The quantitative estimate of drug-likeness (QED) is 0.722. The zero-order valence-electron chi connectivity index (χ0n) is 12.1. The number of ether oxygens (including phenoxy) is 1. The molecule has 2 aromatic rings.